The molecular weight excluding hydrogens is 210 g/mol. The van der Waals surface area contributed by atoms with Gasteiger partial charge in [0.15, 0.2) is 0 Å². The molecule has 3 nitrogen and oxygen atoms in total. The maximum Gasteiger partial charge on any atom is 0.0569 e. The predicted molar refractivity (Wildman–Crippen MR) is 70.6 cm³/mol. The zero-order valence-electron chi connectivity index (χ0n) is 10.4. The Hall–Kier alpha value is -1.61. The van der Waals surface area contributed by atoms with E-state index in [1.54, 1.807) is 0 Å². The van der Waals surface area contributed by atoms with Crippen LogP contribution in [0.4, 0.5) is 0 Å². The molecule has 0 aliphatic rings. The van der Waals surface area contributed by atoms with Crippen molar-refractivity contribution in [1.29, 1.82) is 0 Å². The average Bonchev–Trinajstić information content (AvgIpc) is 2.86. The fourth-order valence-corrected chi connectivity index (χ4v) is 1.94. The summed E-state index contributed by atoms with van der Waals surface area (Å²) in [5, 5.41) is 6.97. The van der Waals surface area contributed by atoms with Crippen molar-refractivity contribution in [3.63, 3.8) is 0 Å². The van der Waals surface area contributed by atoms with Gasteiger partial charge in [-0.25, -0.2) is 0 Å². The molecule has 0 bridgehead atoms. The molecule has 2 rings (SSSR count). The quantitative estimate of drug-likeness (QED) is 0.846. The van der Waals surface area contributed by atoms with Crippen LogP contribution in [0.5, 0.6) is 0 Å². The standard InChI is InChI=1S/C14H19N3/c1-3-10(2)11-4-6-12(7-5-11)13-9-16-17-14(13)8-15/h4-7,9-10H,3,8,15H2,1-2H3,(H,16,17). The van der Waals surface area contributed by atoms with Crippen molar-refractivity contribution in [2.45, 2.75) is 32.7 Å². The Balaban J connectivity index is 2.29. The Morgan fingerprint density at radius 2 is 2.00 bits per heavy atom. The van der Waals surface area contributed by atoms with Gasteiger partial charge >= 0.3 is 0 Å². The second kappa shape index (κ2) is 5.15. The third-order valence-electron chi connectivity index (χ3n) is 3.33. The summed E-state index contributed by atoms with van der Waals surface area (Å²) in [7, 11) is 0. The number of aromatic nitrogens is 2. The number of benzene rings is 1. The summed E-state index contributed by atoms with van der Waals surface area (Å²) in [6.45, 7) is 4.95. The molecule has 0 aliphatic carbocycles. The Morgan fingerprint density at radius 3 is 2.59 bits per heavy atom. The van der Waals surface area contributed by atoms with Gasteiger partial charge in [0.2, 0.25) is 0 Å². The van der Waals surface area contributed by atoms with Gasteiger partial charge in [-0.2, -0.15) is 5.10 Å². The Labute approximate surface area is 102 Å². The van der Waals surface area contributed by atoms with E-state index < -0.39 is 0 Å². The van der Waals surface area contributed by atoms with Gasteiger partial charge in [0, 0.05) is 12.1 Å². The molecule has 1 unspecified atom stereocenters. The highest BCUT2D eigenvalue weighted by molar-refractivity contribution is 5.65. The van der Waals surface area contributed by atoms with Crippen molar-refractivity contribution in [3.05, 3.63) is 41.7 Å². The zero-order chi connectivity index (χ0) is 12.3. The number of nitrogens with two attached hydrogens (primary N) is 1. The highest BCUT2D eigenvalue weighted by Gasteiger charge is 2.07. The van der Waals surface area contributed by atoms with Gasteiger partial charge in [-0.15, -0.1) is 0 Å². The van der Waals surface area contributed by atoms with Crippen molar-refractivity contribution >= 4 is 0 Å². The number of hydrogen-bond acceptors (Lipinski definition) is 2. The zero-order valence-corrected chi connectivity index (χ0v) is 10.4. The molecule has 1 heterocycles. The summed E-state index contributed by atoms with van der Waals surface area (Å²) in [4.78, 5) is 0. The lowest BCUT2D eigenvalue weighted by molar-refractivity contribution is 0.734. The lowest BCUT2D eigenvalue weighted by atomic mass is 9.96. The number of hydrogen-bond donors (Lipinski definition) is 2. The fraction of sp³-hybridized carbons (Fsp3) is 0.357. The first-order valence-electron chi connectivity index (χ1n) is 6.09. The molecule has 1 aromatic heterocycles. The van der Waals surface area contributed by atoms with E-state index in [1.165, 1.54) is 17.5 Å². The van der Waals surface area contributed by atoms with Gasteiger partial charge in [-0.05, 0) is 23.5 Å². The molecule has 3 N–H and O–H groups in total. The van der Waals surface area contributed by atoms with Gasteiger partial charge in [0.1, 0.15) is 0 Å². The lowest BCUT2D eigenvalue weighted by Crippen LogP contribution is -1.98. The van der Waals surface area contributed by atoms with Crippen LogP contribution in [0, 0.1) is 0 Å². The van der Waals surface area contributed by atoms with Crippen LogP contribution in [0.25, 0.3) is 11.1 Å². The fourth-order valence-electron chi connectivity index (χ4n) is 1.94. The highest BCUT2D eigenvalue weighted by atomic mass is 15.1. The van der Waals surface area contributed by atoms with Gasteiger partial charge < -0.3 is 5.73 Å². The maximum absolute atomic E-state index is 5.66. The molecule has 0 radical (unpaired) electrons. The first-order valence-corrected chi connectivity index (χ1v) is 6.09. The molecule has 0 fully saturated rings. The molecule has 90 valence electrons. The molecule has 0 saturated carbocycles. The molecule has 2 aromatic rings. The topological polar surface area (TPSA) is 54.7 Å². The normalized spacial score (nSPS) is 12.6. The summed E-state index contributed by atoms with van der Waals surface area (Å²) in [6, 6.07) is 8.67. The third kappa shape index (κ3) is 2.39. The van der Waals surface area contributed by atoms with Crippen molar-refractivity contribution in [3.8, 4) is 11.1 Å². The van der Waals surface area contributed by atoms with E-state index in [4.69, 9.17) is 5.73 Å². The second-order valence-electron chi connectivity index (χ2n) is 4.40. The van der Waals surface area contributed by atoms with E-state index in [9.17, 15) is 0 Å². The first-order chi connectivity index (χ1) is 8.26. The molecular formula is C14H19N3. The van der Waals surface area contributed by atoms with E-state index in [0.29, 0.717) is 12.5 Å². The molecule has 3 heteroatoms. The summed E-state index contributed by atoms with van der Waals surface area (Å²) in [5.74, 6) is 0.613. The molecule has 1 aromatic carbocycles. The van der Waals surface area contributed by atoms with Crippen LogP contribution in [-0.4, -0.2) is 10.2 Å². The second-order valence-corrected chi connectivity index (χ2v) is 4.40. The molecule has 0 spiro atoms. The van der Waals surface area contributed by atoms with E-state index in [2.05, 4.69) is 48.3 Å². The van der Waals surface area contributed by atoms with Gasteiger partial charge in [0.25, 0.3) is 0 Å². The van der Waals surface area contributed by atoms with Crippen LogP contribution in [0.3, 0.4) is 0 Å². The van der Waals surface area contributed by atoms with E-state index in [1.807, 2.05) is 6.20 Å². The Kier molecular flexibility index (Phi) is 3.59. The summed E-state index contributed by atoms with van der Waals surface area (Å²) < 4.78 is 0. The summed E-state index contributed by atoms with van der Waals surface area (Å²) >= 11 is 0. The first kappa shape index (κ1) is 11.9. The Bertz CT molecular complexity index is 470. The molecule has 0 amide bonds. The minimum absolute atomic E-state index is 0.489. The van der Waals surface area contributed by atoms with Crippen LogP contribution in [0.15, 0.2) is 30.5 Å². The van der Waals surface area contributed by atoms with Gasteiger partial charge in [-0.1, -0.05) is 38.1 Å². The number of nitrogens with one attached hydrogen (secondary N) is 1. The van der Waals surface area contributed by atoms with E-state index in [0.717, 1.165) is 11.3 Å². The summed E-state index contributed by atoms with van der Waals surface area (Å²) in [6.07, 6.45) is 3.00. The number of aromatic amines is 1. The van der Waals surface area contributed by atoms with Gasteiger partial charge in [-0.3, -0.25) is 5.10 Å². The van der Waals surface area contributed by atoms with Crippen LogP contribution in [-0.2, 0) is 6.54 Å². The smallest absolute Gasteiger partial charge is 0.0569 e. The van der Waals surface area contributed by atoms with Crippen LogP contribution in [0.1, 0.15) is 37.4 Å². The highest BCUT2D eigenvalue weighted by Crippen LogP contribution is 2.25. The van der Waals surface area contributed by atoms with E-state index >= 15 is 0 Å². The van der Waals surface area contributed by atoms with Crippen molar-refractivity contribution < 1.29 is 0 Å². The third-order valence-corrected chi connectivity index (χ3v) is 3.33. The maximum atomic E-state index is 5.66. The largest absolute Gasteiger partial charge is 0.325 e. The average molecular weight is 229 g/mol. The van der Waals surface area contributed by atoms with Crippen molar-refractivity contribution in [2.75, 3.05) is 0 Å². The van der Waals surface area contributed by atoms with Crippen molar-refractivity contribution in [2.24, 2.45) is 5.73 Å². The predicted octanol–water partition coefficient (Wildman–Crippen LogP) is 3.05. The molecule has 1 atom stereocenters. The van der Waals surface area contributed by atoms with Crippen LogP contribution >= 0.6 is 0 Å². The van der Waals surface area contributed by atoms with Gasteiger partial charge in [0.05, 0.1) is 11.9 Å². The summed E-state index contributed by atoms with van der Waals surface area (Å²) in [5.41, 5.74) is 10.3. The molecule has 0 saturated heterocycles. The van der Waals surface area contributed by atoms with Crippen LogP contribution < -0.4 is 5.73 Å². The van der Waals surface area contributed by atoms with Crippen LogP contribution in [0.2, 0.25) is 0 Å². The Morgan fingerprint density at radius 1 is 1.29 bits per heavy atom. The van der Waals surface area contributed by atoms with Crippen molar-refractivity contribution in [1.82, 2.24) is 10.2 Å². The minimum Gasteiger partial charge on any atom is -0.325 e. The minimum atomic E-state index is 0.489. The number of H-pyrrole nitrogens is 1. The SMILES string of the molecule is CCC(C)c1ccc(-c2cn[nH]c2CN)cc1. The molecule has 17 heavy (non-hydrogen) atoms. The monoisotopic (exact) mass is 229 g/mol. The lowest BCUT2D eigenvalue weighted by Gasteiger charge is -2.09. The number of nitrogens with zero attached hydrogens (tertiary/aromatic N) is 1. The van der Waals surface area contributed by atoms with E-state index in [-0.39, 0.29) is 0 Å². The molecule has 0 aliphatic heterocycles. The number of rotatable bonds is 4.